The van der Waals surface area contributed by atoms with Crippen molar-refractivity contribution in [2.75, 3.05) is 13.1 Å². The molecular weight excluding hydrogens is 212 g/mol. The molecule has 1 aromatic heterocycles. The molecule has 94 valence electrons. The minimum Gasteiger partial charge on any atom is -0.337 e. The fraction of sp³-hybridized carbons (Fsp3) is 0.769. The first-order chi connectivity index (χ1) is 8.34. The van der Waals surface area contributed by atoms with E-state index in [1.807, 2.05) is 12.4 Å². The quantitative estimate of drug-likeness (QED) is 0.851. The van der Waals surface area contributed by atoms with E-state index >= 15 is 0 Å². The zero-order valence-electron chi connectivity index (χ0n) is 10.6. The number of aryl methyl sites for hydroxylation is 1. The number of nitrogens with zero attached hydrogens (tertiary/aromatic N) is 3. The van der Waals surface area contributed by atoms with Crippen LogP contribution in [0.15, 0.2) is 12.4 Å². The molecule has 0 bridgehead atoms. The molecule has 2 atom stereocenters. The van der Waals surface area contributed by atoms with Crippen LogP contribution in [0.2, 0.25) is 0 Å². The lowest BCUT2D eigenvalue weighted by Gasteiger charge is -2.32. The zero-order valence-corrected chi connectivity index (χ0v) is 10.6. The van der Waals surface area contributed by atoms with Gasteiger partial charge in [-0.2, -0.15) is 0 Å². The Hall–Kier alpha value is -0.870. The lowest BCUT2D eigenvalue weighted by Crippen LogP contribution is -2.44. The number of piperidine rings is 1. The van der Waals surface area contributed by atoms with E-state index in [1.54, 1.807) is 0 Å². The number of hydrogen-bond donors (Lipinski definition) is 1. The second-order valence-corrected chi connectivity index (χ2v) is 5.33. The molecule has 2 fully saturated rings. The molecule has 3 heterocycles. The monoisotopic (exact) mass is 234 g/mol. The van der Waals surface area contributed by atoms with Crippen molar-refractivity contribution >= 4 is 0 Å². The first-order valence-corrected chi connectivity index (χ1v) is 6.78. The Balaban J connectivity index is 1.57. The van der Waals surface area contributed by atoms with Gasteiger partial charge >= 0.3 is 0 Å². The van der Waals surface area contributed by atoms with Gasteiger partial charge in [0.05, 0.1) is 6.54 Å². The predicted octanol–water partition coefficient (Wildman–Crippen LogP) is 1.14. The van der Waals surface area contributed by atoms with Crippen molar-refractivity contribution in [3.8, 4) is 0 Å². The van der Waals surface area contributed by atoms with E-state index in [9.17, 15) is 0 Å². The number of fused-ring (bicyclic) bond motifs is 1. The third-order valence-corrected chi connectivity index (χ3v) is 4.30. The summed E-state index contributed by atoms with van der Waals surface area (Å²) in [7, 11) is 2.06. The van der Waals surface area contributed by atoms with Crippen molar-refractivity contribution in [1.82, 2.24) is 19.8 Å². The molecule has 0 radical (unpaired) electrons. The third kappa shape index (κ3) is 2.24. The number of nitrogens with one attached hydrogen (secondary N) is 1. The highest BCUT2D eigenvalue weighted by Crippen LogP contribution is 2.27. The molecule has 1 aromatic rings. The maximum atomic E-state index is 4.37. The summed E-state index contributed by atoms with van der Waals surface area (Å²) in [5.74, 6) is 1.14. The summed E-state index contributed by atoms with van der Waals surface area (Å²) in [6.45, 7) is 3.49. The lowest BCUT2D eigenvalue weighted by molar-refractivity contribution is 0.180. The number of hydrogen-bond acceptors (Lipinski definition) is 3. The smallest absolute Gasteiger partial charge is 0.122 e. The summed E-state index contributed by atoms with van der Waals surface area (Å²) in [5, 5.41) is 3.70. The highest BCUT2D eigenvalue weighted by Gasteiger charge is 2.34. The van der Waals surface area contributed by atoms with Gasteiger partial charge < -0.3 is 9.88 Å². The molecule has 0 spiro atoms. The number of imidazole rings is 1. The van der Waals surface area contributed by atoms with Crippen molar-refractivity contribution < 1.29 is 0 Å². The Morgan fingerprint density at radius 2 is 2.29 bits per heavy atom. The molecule has 4 nitrogen and oxygen atoms in total. The van der Waals surface area contributed by atoms with Crippen molar-refractivity contribution in [1.29, 1.82) is 0 Å². The second kappa shape index (κ2) is 4.78. The van der Waals surface area contributed by atoms with E-state index in [2.05, 4.69) is 26.8 Å². The average Bonchev–Trinajstić information content (AvgIpc) is 2.93. The van der Waals surface area contributed by atoms with E-state index in [-0.39, 0.29) is 0 Å². The van der Waals surface area contributed by atoms with E-state index in [0.29, 0.717) is 6.04 Å². The molecule has 0 amide bonds. The molecule has 1 N–H and O–H groups in total. The van der Waals surface area contributed by atoms with Crippen LogP contribution < -0.4 is 5.32 Å². The van der Waals surface area contributed by atoms with Gasteiger partial charge in [0.15, 0.2) is 0 Å². The maximum absolute atomic E-state index is 4.37. The van der Waals surface area contributed by atoms with E-state index in [0.717, 1.165) is 18.4 Å². The summed E-state index contributed by atoms with van der Waals surface area (Å²) in [4.78, 5) is 7.03. The van der Waals surface area contributed by atoms with Crippen LogP contribution in [0.1, 0.15) is 31.5 Å². The third-order valence-electron chi connectivity index (χ3n) is 4.30. The molecule has 17 heavy (non-hydrogen) atoms. The van der Waals surface area contributed by atoms with Crippen LogP contribution in [-0.2, 0) is 13.6 Å². The first kappa shape index (κ1) is 11.2. The fourth-order valence-electron chi connectivity index (χ4n) is 3.27. The van der Waals surface area contributed by atoms with E-state index in [1.165, 1.54) is 38.8 Å². The minimum atomic E-state index is 0.673. The SMILES string of the molecule is Cn1ccnc1CNC1CCN2CCCCC12. The van der Waals surface area contributed by atoms with Crippen LogP contribution in [0.5, 0.6) is 0 Å². The predicted molar refractivity (Wildman–Crippen MR) is 67.7 cm³/mol. The average molecular weight is 234 g/mol. The van der Waals surface area contributed by atoms with Crippen LogP contribution in [0.4, 0.5) is 0 Å². The molecule has 3 rings (SSSR count). The topological polar surface area (TPSA) is 33.1 Å². The molecule has 2 aliphatic heterocycles. The number of aromatic nitrogens is 2. The molecule has 4 heteroatoms. The standard InChI is InChI=1S/C13H22N4/c1-16-9-6-14-13(16)10-15-11-5-8-17-7-3-2-4-12(11)17/h6,9,11-12,15H,2-5,7-8,10H2,1H3. The van der Waals surface area contributed by atoms with Crippen LogP contribution in [-0.4, -0.2) is 39.6 Å². The molecule has 0 saturated carbocycles. The first-order valence-electron chi connectivity index (χ1n) is 6.78. The van der Waals surface area contributed by atoms with Gasteiger partial charge in [-0.15, -0.1) is 0 Å². The Bertz CT molecular complexity index is 373. The normalized spacial score (nSPS) is 29.5. The fourth-order valence-corrected chi connectivity index (χ4v) is 3.27. The van der Waals surface area contributed by atoms with Gasteiger partial charge in [-0.3, -0.25) is 4.90 Å². The summed E-state index contributed by atoms with van der Waals surface area (Å²) < 4.78 is 2.10. The summed E-state index contributed by atoms with van der Waals surface area (Å²) in [5.41, 5.74) is 0. The van der Waals surface area contributed by atoms with Gasteiger partial charge in [0.2, 0.25) is 0 Å². The summed E-state index contributed by atoms with van der Waals surface area (Å²) in [6.07, 6.45) is 9.36. The summed E-state index contributed by atoms with van der Waals surface area (Å²) >= 11 is 0. The van der Waals surface area contributed by atoms with Crippen molar-refractivity contribution in [2.45, 2.75) is 44.3 Å². The zero-order chi connectivity index (χ0) is 11.7. The van der Waals surface area contributed by atoms with Gasteiger partial charge in [0, 0.05) is 38.1 Å². The van der Waals surface area contributed by atoms with Crippen molar-refractivity contribution in [2.24, 2.45) is 7.05 Å². The highest BCUT2D eigenvalue weighted by atomic mass is 15.2. The van der Waals surface area contributed by atoms with Gasteiger partial charge in [-0.05, 0) is 25.8 Å². The van der Waals surface area contributed by atoms with E-state index in [4.69, 9.17) is 0 Å². The van der Waals surface area contributed by atoms with Gasteiger partial charge in [0.1, 0.15) is 5.82 Å². The largest absolute Gasteiger partial charge is 0.337 e. The molecule has 0 aromatic carbocycles. The Labute approximate surface area is 103 Å². The van der Waals surface area contributed by atoms with Crippen LogP contribution in [0, 0.1) is 0 Å². The number of rotatable bonds is 3. The maximum Gasteiger partial charge on any atom is 0.122 e. The van der Waals surface area contributed by atoms with E-state index < -0.39 is 0 Å². The van der Waals surface area contributed by atoms with Crippen LogP contribution in [0.25, 0.3) is 0 Å². The van der Waals surface area contributed by atoms with Gasteiger partial charge in [-0.1, -0.05) is 6.42 Å². The molecule has 0 aliphatic carbocycles. The van der Waals surface area contributed by atoms with Crippen LogP contribution in [0.3, 0.4) is 0 Å². The molecule has 2 saturated heterocycles. The Kier molecular flexibility index (Phi) is 3.16. The van der Waals surface area contributed by atoms with Crippen molar-refractivity contribution in [3.63, 3.8) is 0 Å². The Morgan fingerprint density at radius 3 is 3.12 bits per heavy atom. The molecule has 2 unspecified atom stereocenters. The van der Waals surface area contributed by atoms with Gasteiger partial charge in [-0.25, -0.2) is 4.98 Å². The molecular formula is C13H22N4. The second-order valence-electron chi connectivity index (χ2n) is 5.33. The van der Waals surface area contributed by atoms with Crippen molar-refractivity contribution in [3.05, 3.63) is 18.2 Å². The lowest BCUT2D eigenvalue weighted by atomic mass is 9.99. The highest BCUT2D eigenvalue weighted by molar-refractivity contribution is 4.96. The van der Waals surface area contributed by atoms with Crippen LogP contribution >= 0.6 is 0 Å². The Morgan fingerprint density at radius 1 is 1.35 bits per heavy atom. The minimum absolute atomic E-state index is 0.673. The molecule has 2 aliphatic rings. The summed E-state index contributed by atoms with van der Waals surface area (Å²) in [6, 6.07) is 1.45. The van der Waals surface area contributed by atoms with Gasteiger partial charge in [0.25, 0.3) is 0 Å².